The molecule has 0 aliphatic rings. The van der Waals surface area contributed by atoms with Gasteiger partial charge in [-0.2, -0.15) is 0 Å². The molecule has 2 aromatic carbocycles. The molecule has 0 unspecified atom stereocenters. The quantitative estimate of drug-likeness (QED) is 0.696. The van der Waals surface area contributed by atoms with Crippen LogP contribution < -0.4 is 10.6 Å². The van der Waals surface area contributed by atoms with E-state index in [-0.39, 0.29) is 24.9 Å². The molecule has 6 nitrogen and oxygen atoms in total. The van der Waals surface area contributed by atoms with Gasteiger partial charge in [0.2, 0.25) is 0 Å². The van der Waals surface area contributed by atoms with Crippen LogP contribution in [0, 0.1) is 0 Å². The van der Waals surface area contributed by atoms with E-state index in [0.717, 1.165) is 16.5 Å². The van der Waals surface area contributed by atoms with Crippen LogP contribution in [0.25, 0.3) is 11.0 Å². The molecule has 0 bridgehead atoms. The van der Waals surface area contributed by atoms with Crippen LogP contribution in [0.4, 0.5) is 4.79 Å². The Bertz CT molecular complexity index is 992. The number of para-hydroxylation sites is 1. The largest absolute Gasteiger partial charge is 0.459 e. The maximum Gasteiger partial charge on any atom is 0.315 e. The lowest BCUT2D eigenvalue weighted by Gasteiger charge is -2.10. The molecular weight excluding hydrogens is 352 g/mol. The Balaban J connectivity index is 1.56. The number of sulfone groups is 1. The van der Waals surface area contributed by atoms with E-state index in [1.54, 1.807) is 18.2 Å². The second kappa shape index (κ2) is 7.61. The molecule has 0 spiro atoms. The van der Waals surface area contributed by atoms with Gasteiger partial charge in [0.25, 0.3) is 0 Å². The number of nitrogens with one attached hydrogen (secondary N) is 2. The van der Waals surface area contributed by atoms with Crippen molar-refractivity contribution in [3.63, 3.8) is 0 Å². The summed E-state index contributed by atoms with van der Waals surface area (Å²) < 4.78 is 28.7. The Morgan fingerprint density at radius 1 is 0.962 bits per heavy atom. The molecule has 0 fully saturated rings. The van der Waals surface area contributed by atoms with Crippen LogP contribution in [0.15, 0.2) is 59.0 Å². The van der Waals surface area contributed by atoms with Gasteiger partial charge in [-0.05, 0) is 23.3 Å². The maximum absolute atomic E-state index is 12.0. The predicted molar refractivity (Wildman–Crippen MR) is 100 cm³/mol. The summed E-state index contributed by atoms with van der Waals surface area (Å²) in [5.74, 6) is 0.615. The number of fused-ring (bicyclic) bond motifs is 1. The Kier molecular flexibility index (Phi) is 5.27. The lowest BCUT2D eigenvalue weighted by Crippen LogP contribution is -2.34. The minimum absolute atomic E-state index is 0.0501. The van der Waals surface area contributed by atoms with Crippen molar-refractivity contribution in [2.24, 2.45) is 0 Å². The smallest absolute Gasteiger partial charge is 0.315 e. The molecule has 2 N–H and O–H groups in total. The Hall–Kier alpha value is -2.80. The number of hydrogen-bond donors (Lipinski definition) is 2. The zero-order valence-electron chi connectivity index (χ0n) is 14.4. The van der Waals surface area contributed by atoms with Gasteiger partial charge in [-0.25, -0.2) is 13.2 Å². The summed E-state index contributed by atoms with van der Waals surface area (Å²) in [7, 11) is -3.14. The summed E-state index contributed by atoms with van der Waals surface area (Å²) in [5.41, 5.74) is 2.24. The second-order valence-corrected chi connectivity index (χ2v) is 8.27. The zero-order chi connectivity index (χ0) is 18.6. The zero-order valence-corrected chi connectivity index (χ0v) is 15.2. The summed E-state index contributed by atoms with van der Waals surface area (Å²) in [6, 6.07) is 16.3. The van der Waals surface area contributed by atoms with Gasteiger partial charge in [-0.3, -0.25) is 0 Å². The van der Waals surface area contributed by atoms with Gasteiger partial charge < -0.3 is 15.1 Å². The van der Waals surface area contributed by atoms with Crippen molar-refractivity contribution in [2.45, 2.75) is 18.8 Å². The van der Waals surface area contributed by atoms with Crippen LogP contribution in [-0.2, 0) is 28.7 Å². The van der Waals surface area contributed by atoms with Crippen molar-refractivity contribution in [3.05, 3.63) is 71.5 Å². The Morgan fingerprint density at radius 2 is 1.62 bits per heavy atom. The van der Waals surface area contributed by atoms with Crippen LogP contribution in [0.3, 0.4) is 0 Å². The molecule has 0 saturated carbocycles. The van der Waals surface area contributed by atoms with Crippen LogP contribution in [0.1, 0.15) is 16.9 Å². The van der Waals surface area contributed by atoms with E-state index in [2.05, 4.69) is 10.6 Å². The number of furan rings is 1. The lowest BCUT2D eigenvalue weighted by atomic mass is 10.1. The monoisotopic (exact) mass is 372 g/mol. The molecule has 0 radical (unpaired) electrons. The SMILES string of the molecule is CS(=O)(=O)Cc1ccccc1CNC(=O)NCc1cc2ccccc2o1. The third kappa shape index (κ3) is 4.86. The molecule has 3 rings (SSSR count). The standard InChI is InChI=1S/C19H20N2O4S/c1-26(23,24)13-16-8-3-2-7-15(16)11-20-19(22)21-12-17-10-14-6-4-5-9-18(14)25-17/h2-10H,11-13H2,1H3,(H2,20,21,22). The summed E-state index contributed by atoms with van der Waals surface area (Å²) in [6.45, 7) is 0.517. The third-order valence-electron chi connectivity index (χ3n) is 3.88. The van der Waals surface area contributed by atoms with Crippen molar-refractivity contribution in [2.75, 3.05) is 6.26 Å². The van der Waals surface area contributed by atoms with Gasteiger partial charge in [-0.1, -0.05) is 42.5 Å². The first-order valence-corrected chi connectivity index (χ1v) is 10.2. The van der Waals surface area contributed by atoms with Gasteiger partial charge in [0.15, 0.2) is 9.84 Å². The van der Waals surface area contributed by atoms with E-state index in [0.29, 0.717) is 11.3 Å². The Morgan fingerprint density at radius 3 is 2.35 bits per heavy atom. The average molecular weight is 372 g/mol. The van der Waals surface area contributed by atoms with Crippen molar-refractivity contribution < 1.29 is 17.6 Å². The molecule has 0 aliphatic carbocycles. The molecule has 7 heteroatoms. The van der Waals surface area contributed by atoms with Gasteiger partial charge in [0.05, 0.1) is 12.3 Å². The number of hydrogen-bond acceptors (Lipinski definition) is 4. The summed E-state index contributed by atoms with van der Waals surface area (Å²) in [5, 5.41) is 6.46. The summed E-state index contributed by atoms with van der Waals surface area (Å²) in [4.78, 5) is 12.0. The van der Waals surface area contributed by atoms with E-state index >= 15 is 0 Å². The molecule has 26 heavy (non-hydrogen) atoms. The van der Waals surface area contributed by atoms with Crippen molar-refractivity contribution in [1.29, 1.82) is 0 Å². The molecule has 0 aliphatic heterocycles. The first-order valence-electron chi connectivity index (χ1n) is 8.14. The molecular formula is C19H20N2O4S. The number of benzene rings is 2. The topological polar surface area (TPSA) is 88.4 Å². The Labute approximate surface area is 152 Å². The van der Waals surface area contributed by atoms with Crippen molar-refractivity contribution in [1.82, 2.24) is 10.6 Å². The highest BCUT2D eigenvalue weighted by Gasteiger charge is 2.10. The van der Waals surface area contributed by atoms with Gasteiger partial charge in [0.1, 0.15) is 11.3 Å². The van der Waals surface area contributed by atoms with Crippen molar-refractivity contribution >= 4 is 26.8 Å². The van der Waals surface area contributed by atoms with Crippen LogP contribution >= 0.6 is 0 Å². The first kappa shape index (κ1) is 18.0. The van der Waals surface area contributed by atoms with E-state index in [9.17, 15) is 13.2 Å². The van der Waals surface area contributed by atoms with Gasteiger partial charge >= 0.3 is 6.03 Å². The fourth-order valence-corrected chi connectivity index (χ4v) is 3.53. The highest BCUT2D eigenvalue weighted by Crippen LogP contribution is 2.18. The van der Waals surface area contributed by atoms with Gasteiger partial charge in [-0.15, -0.1) is 0 Å². The minimum atomic E-state index is -3.14. The number of carbonyl (C=O) groups excluding carboxylic acids is 1. The van der Waals surface area contributed by atoms with E-state index in [4.69, 9.17) is 4.42 Å². The van der Waals surface area contributed by atoms with E-state index in [1.807, 2.05) is 36.4 Å². The van der Waals surface area contributed by atoms with E-state index in [1.165, 1.54) is 6.26 Å². The van der Waals surface area contributed by atoms with Crippen LogP contribution in [0.2, 0.25) is 0 Å². The first-order chi connectivity index (χ1) is 12.4. The van der Waals surface area contributed by atoms with Gasteiger partial charge in [0, 0.05) is 18.2 Å². The van der Waals surface area contributed by atoms with Crippen LogP contribution in [-0.4, -0.2) is 20.7 Å². The fraction of sp³-hybridized carbons (Fsp3) is 0.211. The highest BCUT2D eigenvalue weighted by molar-refractivity contribution is 7.89. The van der Waals surface area contributed by atoms with Crippen molar-refractivity contribution in [3.8, 4) is 0 Å². The number of amides is 2. The average Bonchev–Trinajstić information content (AvgIpc) is 3.01. The molecule has 1 aromatic heterocycles. The lowest BCUT2D eigenvalue weighted by molar-refractivity contribution is 0.239. The highest BCUT2D eigenvalue weighted by atomic mass is 32.2. The molecule has 1 heterocycles. The molecule has 0 atom stereocenters. The third-order valence-corrected chi connectivity index (χ3v) is 4.71. The number of carbonyl (C=O) groups is 1. The molecule has 0 saturated heterocycles. The maximum atomic E-state index is 12.0. The predicted octanol–water partition coefficient (Wildman–Crippen LogP) is 2.98. The second-order valence-electron chi connectivity index (χ2n) is 6.13. The molecule has 3 aromatic rings. The minimum Gasteiger partial charge on any atom is -0.459 e. The molecule has 136 valence electrons. The van der Waals surface area contributed by atoms with E-state index < -0.39 is 9.84 Å². The number of rotatable bonds is 6. The summed E-state index contributed by atoms with van der Waals surface area (Å²) in [6.07, 6.45) is 1.19. The normalized spacial score (nSPS) is 11.4. The summed E-state index contributed by atoms with van der Waals surface area (Å²) >= 11 is 0. The van der Waals surface area contributed by atoms with Crippen LogP contribution in [0.5, 0.6) is 0 Å². The number of urea groups is 1. The fourth-order valence-electron chi connectivity index (χ4n) is 2.68. The molecule has 2 amide bonds.